The summed E-state index contributed by atoms with van der Waals surface area (Å²) in [5, 5.41) is 6.18. The van der Waals surface area contributed by atoms with Crippen LogP contribution in [-0.4, -0.2) is 32.6 Å². The number of hydrogen-bond donors (Lipinski definition) is 1. The zero-order valence-electron chi connectivity index (χ0n) is 14.0. The number of fused-ring (bicyclic) bond motifs is 1. The van der Waals surface area contributed by atoms with E-state index in [0.29, 0.717) is 22.0 Å². The van der Waals surface area contributed by atoms with Gasteiger partial charge in [0.25, 0.3) is 0 Å². The summed E-state index contributed by atoms with van der Waals surface area (Å²) in [5.74, 6) is -0.0490. The second-order valence-corrected chi connectivity index (χ2v) is 7.49. The van der Waals surface area contributed by atoms with Gasteiger partial charge in [0.1, 0.15) is 24.1 Å². The lowest BCUT2D eigenvalue weighted by Gasteiger charge is -2.08. The number of hydrogen-bond acceptors (Lipinski definition) is 6. The number of aromatic nitrogens is 1. The van der Waals surface area contributed by atoms with Gasteiger partial charge in [-0.3, -0.25) is 0 Å². The Bertz CT molecular complexity index is 1080. The zero-order chi connectivity index (χ0) is 19.4. The van der Waals surface area contributed by atoms with Crippen molar-refractivity contribution in [3.63, 3.8) is 0 Å². The molecule has 0 radical (unpaired) electrons. The van der Waals surface area contributed by atoms with Gasteiger partial charge in [0, 0.05) is 5.39 Å². The smallest absolute Gasteiger partial charge is 0.338 e. The summed E-state index contributed by atoms with van der Waals surface area (Å²) >= 11 is 5.83. The summed E-state index contributed by atoms with van der Waals surface area (Å²) in [5.41, 5.74) is 1.08. The molecule has 0 aliphatic heterocycles. The predicted octanol–water partition coefficient (Wildman–Crippen LogP) is 2.77. The minimum Gasteiger partial charge on any atom is -0.490 e. The minimum absolute atomic E-state index is 0.00615. The Morgan fingerprint density at radius 2 is 1.78 bits per heavy atom. The highest BCUT2D eigenvalue weighted by atomic mass is 35.5. The number of carbonyl (C=O) groups is 1. The number of primary sulfonamides is 1. The zero-order valence-corrected chi connectivity index (χ0v) is 15.5. The quantitative estimate of drug-likeness (QED) is 0.383. The van der Waals surface area contributed by atoms with E-state index < -0.39 is 16.0 Å². The molecule has 1 heterocycles. The van der Waals surface area contributed by atoms with E-state index in [9.17, 15) is 13.2 Å². The van der Waals surface area contributed by atoms with E-state index >= 15 is 0 Å². The largest absolute Gasteiger partial charge is 0.490 e. The molecule has 2 N–H and O–H groups in total. The topological polar surface area (TPSA) is 109 Å². The van der Waals surface area contributed by atoms with Crippen molar-refractivity contribution in [3.05, 3.63) is 65.3 Å². The predicted molar refractivity (Wildman–Crippen MR) is 100 cm³/mol. The van der Waals surface area contributed by atoms with Crippen molar-refractivity contribution >= 4 is 38.5 Å². The van der Waals surface area contributed by atoms with Gasteiger partial charge >= 0.3 is 5.97 Å². The van der Waals surface area contributed by atoms with Crippen LogP contribution >= 0.6 is 11.6 Å². The van der Waals surface area contributed by atoms with Gasteiger partial charge < -0.3 is 9.47 Å². The van der Waals surface area contributed by atoms with E-state index in [0.717, 1.165) is 5.39 Å². The van der Waals surface area contributed by atoms with Crippen molar-refractivity contribution in [3.8, 4) is 5.75 Å². The van der Waals surface area contributed by atoms with Crippen molar-refractivity contribution in [1.29, 1.82) is 0 Å². The summed E-state index contributed by atoms with van der Waals surface area (Å²) in [6.07, 6.45) is 0. The molecule has 3 rings (SSSR count). The van der Waals surface area contributed by atoms with Gasteiger partial charge in [0.15, 0.2) is 0 Å². The molecular weight excluding hydrogens is 392 g/mol. The Kier molecular flexibility index (Phi) is 5.59. The third-order valence-corrected chi connectivity index (χ3v) is 4.77. The fourth-order valence-electron chi connectivity index (χ4n) is 2.33. The first-order valence-electron chi connectivity index (χ1n) is 7.82. The lowest BCUT2D eigenvalue weighted by atomic mass is 10.1. The van der Waals surface area contributed by atoms with Crippen LogP contribution < -0.4 is 9.88 Å². The van der Waals surface area contributed by atoms with Crippen molar-refractivity contribution in [2.24, 2.45) is 5.14 Å². The van der Waals surface area contributed by atoms with Crippen LogP contribution in [0, 0.1) is 0 Å². The van der Waals surface area contributed by atoms with Crippen LogP contribution in [0.1, 0.15) is 10.4 Å². The number of sulfonamides is 1. The van der Waals surface area contributed by atoms with Crippen LogP contribution in [0.4, 0.5) is 0 Å². The lowest BCUT2D eigenvalue weighted by Crippen LogP contribution is -2.13. The highest BCUT2D eigenvalue weighted by Gasteiger charge is 2.10. The number of rotatable bonds is 6. The number of pyridine rings is 1. The van der Waals surface area contributed by atoms with Crippen LogP contribution in [0.2, 0.25) is 5.15 Å². The van der Waals surface area contributed by atoms with Gasteiger partial charge in [-0.25, -0.2) is 23.3 Å². The minimum atomic E-state index is -3.74. The van der Waals surface area contributed by atoms with E-state index in [2.05, 4.69) is 4.98 Å². The molecule has 7 nitrogen and oxygen atoms in total. The lowest BCUT2D eigenvalue weighted by molar-refractivity contribution is 0.0450. The first kappa shape index (κ1) is 19.1. The number of ether oxygens (including phenoxy) is 2. The van der Waals surface area contributed by atoms with E-state index in [1.807, 2.05) is 0 Å². The molecule has 9 heteroatoms. The molecule has 0 spiro atoms. The molecular formula is C18H15ClN2O5S. The summed E-state index contributed by atoms with van der Waals surface area (Å²) in [6, 6.07) is 14.0. The van der Waals surface area contributed by atoms with Crippen LogP contribution in [0.3, 0.4) is 0 Å². The van der Waals surface area contributed by atoms with E-state index in [1.165, 1.54) is 24.3 Å². The average molecular weight is 407 g/mol. The van der Waals surface area contributed by atoms with Gasteiger partial charge in [-0.1, -0.05) is 11.6 Å². The second kappa shape index (κ2) is 7.91. The molecule has 1 aromatic heterocycles. The molecule has 0 bridgehead atoms. The van der Waals surface area contributed by atoms with E-state index in [-0.39, 0.29) is 18.1 Å². The first-order chi connectivity index (χ1) is 12.8. The molecule has 0 unspecified atom stereocenters. The normalized spacial score (nSPS) is 11.3. The average Bonchev–Trinajstić information content (AvgIpc) is 2.64. The third-order valence-electron chi connectivity index (χ3n) is 3.63. The first-order valence-corrected chi connectivity index (χ1v) is 9.74. The summed E-state index contributed by atoms with van der Waals surface area (Å²) in [7, 11) is -3.74. The number of carbonyl (C=O) groups excluding carboxylic acids is 1. The highest BCUT2D eigenvalue weighted by Crippen LogP contribution is 2.18. The Labute approximate surface area is 160 Å². The Morgan fingerprint density at radius 1 is 1.04 bits per heavy atom. The Morgan fingerprint density at radius 3 is 2.48 bits per heavy atom. The van der Waals surface area contributed by atoms with Crippen LogP contribution in [0.25, 0.3) is 10.9 Å². The Hall–Kier alpha value is -2.68. The monoisotopic (exact) mass is 406 g/mol. The SMILES string of the molecule is NS(=O)(=O)c1ccc(OCCOC(=O)c2ccc3nc(Cl)ccc3c2)cc1. The van der Waals surface area contributed by atoms with Crippen molar-refractivity contribution in [1.82, 2.24) is 4.98 Å². The molecule has 140 valence electrons. The number of nitrogens with zero attached hydrogens (tertiary/aromatic N) is 1. The number of esters is 1. The molecule has 3 aromatic rings. The van der Waals surface area contributed by atoms with E-state index in [1.54, 1.807) is 30.3 Å². The van der Waals surface area contributed by atoms with Crippen LogP contribution in [-0.2, 0) is 14.8 Å². The standard InChI is InChI=1S/C18H15ClN2O5S/c19-17-8-2-12-11-13(1-7-16(12)21-17)18(22)26-10-9-25-14-3-5-15(6-4-14)27(20,23)24/h1-8,11H,9-10H2,(H2,20,23,24). The summed E-state index contributed by atoms with van der Waals surface area (Å²) < 4.78 is 32.9. The number of nitrogens with two attached hydrogens (primary N) is 1. The van der Waals surface area contributed by atoms with Crippen LogP contribution in [0.5, 0.6) is 5.75 Å². The molecule has 0 saturated heterocycles. The Balaban J connectivity index is 1.53. The van der Waals surface area contributed by atoms with Gasteiger partial charge in [0.05, 0.1) is 16.0 Å². The number of halogens is 1. The molecule has 0 saturated carbocycles. The summed E-state index contributed by atoms with van der Waals surface area (Å²) in [4.78, 5) is 16.3. The van der Waals surface area contributed by atoms with E-state index in [4.69, 9.17) is 26.2 Å². The molecule has 0 aliphatic rings. The summed E-state index contributed by atoms with van der Waals surface area (Å²) in [6.45, 7) is 0.151. The molecule has 0 fully saturated rings. The van der Waals surface area contributed by atoms with Crippen LogP contribution in [0.15, 0.2) is 59.5 Å². The third kappa shape index (κ3) is 4.94. The van der Waals surface area contributed by atoms with Crippen molar-refractivity contribution in [2.45, 2.75) is 4.90 Å². The molecule has 2 aromatic carbocycles. The second-order valence-electron chi connectivity index (χ2n) is 5.54. The molecule has 27 heavy (non-hydrogen) atoms. The molecule has 0 atom stereocenters. The molecule has 0 amide bonds. The fraction of sp³-hybridized carbons (Fsp3) is 0.111. The highest BCUT2D eigenvalue weighted by molar-refractivity contribution is 7.89. The van der Waals surface area contributed by atoms with Gasteiger partial charge in [-0.2, -0.15) is 0 Å². The van der Waals surface area contributed by atoms with Crippen molar-refractivity contribution < 1.29 is 22.7 Å². The van der Waals surface area contributed by atoms with Crippen molar-refractivity contribution in [2.75, 3.05) is 13.2 Å². The molecule has 0 aliphatic carbocycles. The van der Waals surface area contributed by atoms with Gasteiger partial charge in [0.2, 0.25) is 10.0 Å². The maximum Gasteiger partial charge on any atom is 0.338 e. The fourth-order valence-corrected chi connectivity index (χ4v) is 3.00. The van der Waals surface area contributed by atoms with Gasteiger partial charge in [-0.05, 0) is 54.6 Å². The number of benzene rings is 2. The maximum atomic E-state index is 12.1. The maximum absolute atomic E-state index is 12.1. The van der Waals surface area contributed by atoms with Gasteiger partial charge in [-0.15, -0.1) is 0 Å².